The van der Waals surface area contributed by atoms with Gasteiger partial charge in [-0.3, -0.25) is 0 Å². The summed E-state index contributed by atoms with van der Waals surface area (Å²) in [6, 6.07) is 12.5. The second-order valence-electron chi connectivity index (χ2n) is 8.48. The van der Waals surface area contributed by atoms with Crippen LogP contribution in [-0.2, 0) is 5.54 Å². The molecule has 0 fully saturated rings. The third-order valence-electron chi connectivity index (χ3n) is 5.20. The van der Waals surface area contributed by atoms with E-state index in [0.29, 0.717) is 0 Å². The molecule has 0 atom stereocenters. The molecule has 5 rings (SSSR count). The average Bonchev–Trinajstić information content (AvgIpc) is 3.41. The number of fused-ring (bicyclic) bond motifs is 1. The third kappa shape index (κ3) is 3.62. The molecule has 5 aromatic rings. The van der Waals surface area contributed by atoms with E-state index >= 15 is 0 Å². The molecule has 0 aliphatic heterocycles. The standard InChI is InChI=1S/C23H21IN8/c1-23(2,3)32-20-6-4-14(15-10-27-22(25)28-11-15)8-18(20)30-21(32)17-9-16(24)5-7-19(17)31-13-26-12-29-31/h4-13H,1-3H3,(H2,25,27,28). The normalized spacial score (nSPS) is 11.9. The van der Waals surface area contributed by atoms with E-state index in [1.54, 1.807) is 23.4 Å². The number of hydrogen-bond acceptors (Lipinski definition) is 6. The highest BCUT2D eigenvalue weighted by atomic mass is 127. The van der Waals surface area contributed by atoms with Crippen molar-refractivity contribution in [3.05, 3.63) is 65.0 Å². The highest BCUT2D eigenvalue weighted by molar-refractivity contribution is 14.1. The molecule has 0 radical (unpaired) electrons. The van der Waals surface area contributed by atoms with Crippen molar-refractivity contribution in [1.29, 1.82) is 0 Å². The Morgan fingerprint density at radius 3 is 2.44 bits per heavy atom. The van der Waals surface area contributed by atoms with E-state index in [4.69, 9.17) is 10.7 Å². The number of imidazole rings is 1. The fourth-order valence-corrected chi connectivity index (χ4v) is 4.32. The summed E-state index contributed by atoms with van der Waals surface area (Å²) in [6.45, 7) is 6.55. The molecule has 160 valence electrons. The Bertz CT molecular complexity index is 1410. The van der Waals surface area contributed by atoms with E-state index in [9.17, 15) is 0 Å². The Hall–Kier alpha value is -3.34. The molecule has 2 aromatic carbocycles. The van der Waals surface area contributed by atoms with E-state index in [1.807, 2.05) is 0 Å². The largest absolute Gasteiger partial charge is 0.368 e. The summed E-state index contributed by atoms with van der Waals surface area (Å²) in [6.07, 6.45) is 6.70. The number of rotatable bonds is 3. The quantitative estimate of drug-likeness (QED) is 0.336. The maximum atomic E-state index is 5.65. The van der Waals surface area contributed by atoms with Gasteiger partial charge in [-0.05, 0) is 79.3 Å². The molecule has 0 bridgehead atoms. The van der Waals surface area contributed by atoms with Gasteiger partial charge in [-0.2, -0.15) is 5.10 Å². The number of benzene rings is 2. The van der Waals surface area contributed by atoms with Crippen LogP contribution in [0.1, 0.15) is 20.8 Å². The Kier molecular flexibility index (Phi) is 4.92. The van der Waals surface area contributed by atoms with Crippen molar-refractivity contribution < 1.29 is 0 Å². The van der Waals surface area contributed by atoms with Crippen LogP contribution in [-0.4, -0.2) is 34.3 Å². The molecule has 0 spiro atoms. The average molecular weight is 536 g/mol. The molecule has 0 unspecified atom stereocenters. The molecular formula is C23H21IN8. The first-order valence-corrected chi connectivity index (χ1v) is 11.1. The highest BCUT2D eigenvalue weighted by Gasteiger charge is 2.25. The minimum Gasteiger partial charge on any atom is -0.368 e. The van der Waals surface area contributed by atoms with Gasteiger partial charge in [0, 0.05) is 32.6 Å². The molecule has 0 aliphatic rings. The van der Waals surface area contributed by atoms with Crippen LogP contribution in [0.5, 0.6) is 0 Å². The fourth-order valence-electron chi connectivity index (χ4n) is 3.83. The molecule has 3 aromatic heterocycles. The van der Waals surface area contributed by atoms with Crippen LogP contribution in [0.2, 0.25) is 0 Å². The molecule has 0 aliphatic carbocycles. The summed E-state index contributed by atoms with van der Waals surface area (Å²) in [5.41, 5.74) is 11.2. The van der Waals surface area contributed by atoms with Crippen LogP contribution in [0.15, 0.2) is 61.4 Å². The van der Waals surface area contributed by atoms with Crippen LogP contribution in [0.4, 0.5) is 5.95 Å². The predicted octanol–water partition coefficient (Wildman–Crippen LogP) is 4.68. The van der Waals surface area contributed by atoms with Crippen molar-refractivity contribution >= 4 is 39.6 Å². The van der Waals surface area contributed by atoms with Crippen molar-refractivity contribution in [2.24, 2.45) is 0 Å². The minimum absolute atomic E-state index is 0.198. The first-order valence-electron chi connectivity index (χ1n) is 10.1. The summed E-state index contributed by atoms with van der Waals surface area (Å²) in [5, 5.41) is 4.35. The summed E-state index contributed by atoms with van der Waals surface area (Å²) in [4.78, 5) is 17.5. The molecule has 2 N–H and O–H groups in total. The summed E-state index contributed by atoms with van der Waals surface area (Å²) in [5.74, 6) is 1.13. The number of nitrogens with zero attached hydrogens (tertiary/aromatic N) is 7. The summed E-state index contributed by atoms with van der Waals surface area (Å²) >= 11 is 2.33. The van der Waals surface area contributed by atoms with Gasteiger partial charge in [0.2, 0.25) is 5.95 Å². The SMILES string of the molecule is CC(C)(C)n1c(-c2cc(I)ccc2-n2cncn2)nc2cc(-c3cnc(N)nc3)ccc21. The van der Waals surface area contributed by atoms with Gasteiger partial charge in [0.1, 0.15) is 18.5 Å². The van der Waals surface area contributed by atoms with Crippen LogP contribution in [0, 0.1) is 3.57 Å². The smallest absolute Gasteiger partial charge is 0.219 e. The number of nitrogens with two attached hydrogens (primary N) is 1. The van der Waals surface area contributed by atoms with Crippen LogP contribution in [0.3, 0.4) is 0 Å². The van der Waals surface area contributed by atoms with Gasteiger partial charge in [0.25, 0.3) is 0 Å². The number of hydrogen-bond donors (Lipinski definition) is 1. The van der Waals surface area contributed by atoms with E-state index in [-0.39, 0.29) is 11.5 Å². The first kappa shape index (κ1) is 20.6. The van der Waals surface area contributed by atoms with Gasteiger partial charge in [-0.25, -0.2) is 24.6 Å². The molecule has 0 amide bonds. The molecule has 0 saturated carbocycles. The van der Waals surface area contributed by atoms with E-state index in [2.05, 4.69) is 104 Å². The van der Waals surface area contributed by atoms with Gasteiger partial charge in [0.05, 0.1) is 16.7 Å². The molecular weight excluding hydrogens is 515 g/mol. The number of anilines is 1. The van der Waals surface area contributed by atoms with Gasteiger partial charge in [-0.1, -0.05) is 6.07 Å². The van der Waals surface area contributed by atoms with Gasteiger partial charge < -0.3 is 10.3 Å². The Morgan fingerprint density at radius 2 is 1.75 bits per heavy atom. The summed E-state index contributed by atoms with van der Waals surface area (Å²) in [7, 11) is 0. The maximum absolute atomic E-state index is 5.65. The van der Waals surface area contributed by atoms with Gasteiger partial charge in [0.15, 0.2) is 0 Å². The van der Waals surface area contributed by atoms with Gasteiger partial charge >= 0.3 is 0 Å². The topological polar surface area (TPSA) is 100 Å². The Labute approximate surface area is 198 Å². The number of aromatic nitrogens is 7. The molecule has 3 heterocycles. The van der Waals surface area contributed by atoms with E-state index in [0.717, 1.165) is 42.8 Å². The second-order valence-corrected chi connectivity index (χ2v) is 9.72. The highest BCUT2D eigenvalue weighted by Crippen LogP contribution is 2.36. The molecule has 9 heteroatoms. The molecule has 0 saturated heterocycles. The Balaban J connectivity index is 1.77. The lowest BCUT2D eigenvalue weighted by molar-refractivity contribution is 0.413. The van der Waals surface area contributed by atoms with Crippen molar-refractivity contribution in [2.45, 2.75) is 26.3 Å². The van der Waals surface area contributed by atoms with Crippen molar-refractivity contribution in [3.63, 3.8) is 0 Å². The maximum Gasteiger partial charge on any atom is 0.219 e. The van der Waals surface area contributed by atoms with Crippen molar-refractivity contribution in [2.75, 3.05) is 5.73 Å². The van der Waals surface area contributed by atoms with Crippen LogP contribution < -0.4 is 5.73 Å². The minimum atomic E-state index is -0.198. The van der Waals surface area contributed by atoms with Crippen LogP contribution >= 0.6 is 22.6 Å². The number of nitrogen functional groups attached to an aromatic ring is 1. The van der Waals surface area contributed by atoms with Crippen molar-refractivity contribution in [1.82, 2.24) is 34.3 Å². The van der Waals surface area contributed by atoms with E-state index in [1.165, 1.54) is 6.33 Å². The Morgan fingerprint density at radius 1 is 0.969 bits per heavy atom. The molecule has 8 nitrogen and oxygen atoms in total. The lowest BCUT2D eigenvalue weighted by atomic mass is 10.1. The summed E-state index contributed by atoms with van der Waals surface area (Å²) < 4.78 is 5.17. The predicted molar refractivity (Wildman–Crippen MR) is 133 cm³/mol. The zero-order valence-corrected chi connectivity index (χ0v) is 20.0. The fraction of sp³-hybridized carbons (Fsp3) is 0.174. The lowest BCUT2D eigenvalue weighted by Gasteiger charge is -2.25. The van der Waals surface area contributed by atoms with Gasteiger partial charge in [-0.15, -0.1) is 0 Å². The zero-order valence-electron chi connectivity index (χ0n) is 17.9. The van der Waals surface area contributed by atoms with Crippen LogP contribution in [0.25, 0.3) is 39.2 Å². The lowest BCUT2D eigenvalue weighted by Crippen LogP contribution is -2.23. The number of halogens is 1. The van der Waals surface area contributed by atoms with E-state index < -0.39 is 0 Å². The van der Waals surface area contributed by atoms with Crippen molar-refractivity contribution in [3.8, 4) is 28.2 Å². The first-order chi connectivity index (χ1) is 15.3. The monoisotopic (exact) mass is 536 g/mol. The zero-order chi connectivity index (χ0) is 22.5. The molecule has 32 heavy (non-hydrogen) atoms. The third-order valence-corrected chi connectivity index (χ3v) is 5.87. The second kappa shape index (κ2) is 7.66.